The predicted molar refractivity (Wildman–Crippen MR) is 118 cm³/mol. The fraction of sp³-hybridized carbons (Fsp3) is 0.217. The molecule has 0 aliphatic carbocycles. The highest BCUT2D eigenvalue weighted by Crippen LogP contribution is 2.40. The zero-order chi connectivity index (χ0) is 24.9. The number of para-hydroxylation sites is 1. The number of nitrogens with one attached hydrogen (secondary N) is 2. The molecule has 11 heteroatoms. The van der Waals surface area contributed by atoms with E-state index in [4.69, 9.17) is 4.74 Å². The molecule has 0 spiro atoms. The van der Waals surface area contributed by atoms with Crippen LogP contribution in [0.2, 0.25) is 0 Å². The second-order valence-electron chi connectivity index (χ2n) is 7.11. The molecule has 0 aromatic heterocycles. The molecule has 7 nitrogen and oxygen atoms in total. The molecule has 176 valence electrons. The Labute approximate surface area is 197 Å². The van der Waals surface area contributed by atoms with Crippen molar-refractivity contribution in [2.45, 2.75) is 12.1 Å². The van der Waals surface area contributed by atoms with Crippen LogP contribution in [0.3, 0.4) is 0 Å². The number of allylic oxidation sites excluding steroid dienone is 1. The van der Waals surface area contributed by atoms with E-state index in [9.17, 15) is 32.8 Å². The van der Waals surface area contributed by atoms with Gasteiger partial charge in [0.1, 0.15) is 5.92 Å². The number of halogens is 3. The number of esters is 1. The molecule has 1 aliphatic heterocycles. The average molecular weight is 489 g/mol. The number of alkyl halides is 3. The number of rotatable bonds is 6. The van der Waals surface area contributed by atoms with Crippen molar-refractivity contribution in [1.82, 2.24) is 5.32 Å². The molecule has 0 saturated carbocycles. The molecule has 1 heterocycles. The van der Waals surface area contributed by atoms with Gasteiger partial charge in [-0.1, -0.05) is 54.2 Å². The normalized spacial score (nSPS) is 18.0. The van der Waals surface area contributed by atoms with Crippen molar-refractivity contribution >= 4 is 35.2 Å². The first-order chi connectivity index (χ1) is 16.2. The fourth-order valence-electron chi connectivity index (χ4n) is 3.50. The first-order valence-electron chi connectivity index (χ1n) is 9.84. The largest absolute Gasteiger partial charge is 0.468 e. The Bertz CT molecular complexity index is 1180. The van der Waals surface area contributed by atoms with Crippen molar-refractivity contribution in [3.05, 3.63) is 76.3 Å². The van der Waals surface area contributed by atoms with Crippen LogP contribution in [0.1, 0.15) is 17.0 Å². The number of thioether (sulfide) groups is 1. The fourth-order valence-corrected chi connectivity index (χ4v) is 4.35. The average Bonchev–Trinajstić information content (AvgIpc) is 2.82. The molecule has 2 atom stereocenters. The summed E-state index contributed by atoms with van der Waals surface area (Å²) in [6.07, 6.45) is -4.66. The van der Waals surface area contributed by atoms with Crippen LogP contribution >= 0.6 is 11.8 Å². The van der Waals surface area contributed by atoms with Gasteiger partial charge in [0.05, 0.1) is 40.8 Å². The molecule has 1 aliphatic rings. The van der Waals surface area contributed by atoms with Crippen molar-refractivity contribution in [2.75, 3.05) is 18.2 Å². The van der Waals surface area contributed by atoms with Crippen LogP contribution in [0, 0.1) is 17.2 Å². The van der Waals surface area contributed by atoms with Crippen molar-refractivity contribution in [3.63, 3.8) is 0 Å². The van der Waals surface area contributed by atoms with Crippen LogP contribution in [-0.2, 0) is 25.3 Å². The zero-order valence-corrected chi connectivity index (χ0v) is 18.5. The predicted octanol–water partition coefficient (Wildman–Crippen LogP) is 3.82. The van der Waals surface area contributed by atoms with Gasteiger partial charge in [0.15, 0.2) is 0 Å². The second-order valence-corrected chi connectivity index (χ2v) is 8.10. The summed E-state index contributed by atoms with van der Waals surface area (Å²) in [6, 6.07) is 14.9. The van der Waals surface area contributed by atoms with E-state index in [1.807, 2.05) is 6.07 Å². The number of nitriles is 1. The lowest BCUT2D eigenvalue weighted by atomic mass is 9.78. The Morgan fingerprint density at radius 2 is 1.79 bits per heavy atom. The number of hydrogen-bond donors (Lipinski definition) is 2. The van der Waals surface area contributed by atoms with Crippen molar-refractivity contribution in [3.8, 4) is 6.07 Å². The first-order valence-corrected chi connectivity index (χ1v) is 10.8. The monoisotopic (exact) mass is 489 g/mol. The molecule has 0 fully saturated rings. The summed E-state index contributed by atoms with van der Waals surface area (Å²) in [4.78, 5) is 37.5. The van der Waals surface area contributed by atoms with E-state index in [1.165, 1.54) is 12.1 Å². The highest BCUT2D eigenvalue weighted by molar-refractivity contribution is 8.03. The maximum absolute atomic E-state index is 13.2. The van der Waals surface area contributed by atoms with Gasteiger partial charge in [-0.3, -0.25) is 14.4 Å². The molecule has 2 aromatic carbocycles. The van der Waals surface area contributed by atoms with E-state index < -0.39 is 52.8 Å². The number of ether oxygens (including phenoxy) is 1. The molecular formula is C23H18F3N3O4S. The molecule has 0 unspecified atom stereocenters. The third kappa shape index (κ3) is 5.40. The van der Waals surface area contributed by atoms with Crippen molar-refractivity contribution in [1.29, 1.82) is 5.26 Å². The van der Waals surface area contributed by atoms with Gasteiger partial charge >= 0.3 is 12.1 Å². The first kappa shape index (κ1) is 24.9. The SMILES string of the molecule is COC(=O)[C@H]1C(=O)NC(SCC(=O)Nc2ccccc2C(F)(F)F)=C(C#N)[C@H]1c1ccccc1. The number of amides is 2. The number of hydrogen-bond acceptors (Lipinski definition) is 6. The third-order valence-corrected chi connectivity index (χ3v) is 6.01. The van der Waals surface area contributed by atoms with Crippen LogP contribution in [0.15, 0.2) is 65.2 Å². The number of carbonyl (C=O) groups excluding carboxylic acids is 3. The van der Waals surface area contributed by atoms with Gasteiger partial charge < -0.3 is 15.4 Å². The van der Waals surface area contributed by atoms with Gasteiger partial charge in [-0.05, 0) is 17.7 Å². The molecule has 0 radical (unpaired) electrons. The molecule has 34 heavy (non-hydrogen) atoms. The summed E-state index contributed by atoms with van der Waals surface area (Å²) >= 11 is 0.774. The number of nitrogens with zero attached hydrogens (tertiary/aromatic N) is 1. The van der Waals surface area contributed by atoms with Crippen LogP contribution in [0.25, 0.3) is 0 Å². The van der Waals surface area contributed by atoms with Crippen molar-refractivity contribution < 1.29 is 32.3 Å². The lowest BCUT2D eigenvalue weighted by molar-refractivity contribution is -0.150. The van der Waals surface area contributed by atoms with E-state index in [-0.39, 0.29) is 10.6 Å². The van der Waals surface area contributed by atoms with E-state index >= 15 is 0 Å². The topological polar surface area (TPSA) is 108 Å². The highest BCUT2D eigenvalue weighted by atomic mass is 32.2. The molecule has 3 rings (SSSR count). The number of carbonyl (C=O) groups is 3. The zero-order valence-electron chi connectivity index (χ0n) is 17.7. The molecule has 0 bridgehead atoms. The smallest absolute Gasteiger partial charge is 0.418 e. The second kappa shape index (κ2) is 10.4. The Kier molecular flexibility index (Phi) is 7.63. The van der Waals surface area contributed by atoms with E-state index in [0.717, 1.165) is 31.0 Å². The van der Waals surface area contributed by atoms with Crippen molar-refractivity contribution in [2.24, 2.45) is 5.92 Å². The van der Waals surface area contributed by atoms with E-state index in [2.05, 4.69) is 10.6 Å². The van der Waals surface area contributed by atoms with Crippen LogP contribution < -0.4 is 10.6 Å². The van der Waals surface area contributed by atoms with Crippen LogP contribution in [0.5, 0.6) is 0 Å². The summed E-state index contributed by atoms with van der Waals surface area (Å²) in [5.41, 5.74) is -0.849. The van der Waals surface area contributed by atoms with E-state index in [1.54, 1.807) is 30.3 Å². The maximum atomic E-state index is 13.2. The molecule has 2 aromatic rings. The third-order valence-electron chi connectivity index (χ3n) is 5.00. The van der Waals surface area contributed by atoms with Gasteiger partial charge in [-0.2, -0.15) is 18.4 Å². The molecule has 0 saturated heterocycles. The number of anilines is 1. The Morgan fingerprint density at radius 1 is 1.15 bits per heavy atom. The number of methoxy groups -OCH3 is 1. The minimum Gasteiger partial charge on any atom is -0.468 e. The summed E-state index contributed by atoms with van der Waals surface area (Å²) in [5.74, 6) is -4.98. The van der Waals surface area contributed by atoms with Crippen LogP contribution in [0.4, 0.5) is 18.9 Å². The highest BCUT2D eigenvalue weighted by Gasteiger charge is 2.44. The lowest BCUT2D eigenvalue weighted by Crippen LogP contribution is -2.44. The summed E-state index contributed by atoms with van der Waals surface area (Å²) in [7, 11) is 1.13. The van der Waals surface area contributed by atoms with Gasteiger partial charge in [-0.15, -0.1) is 0 Å². The summed E-state index contributed by atoms with van der Waals surface area (Å²) < 4.78 is 44.2. The Morgan fingerprint density at radius 3 is 2.41 bits per heavy atom. The molecule has 2 N–H and O–H groups in total. The lowest BCUT2D eigenvalue weighted by Gasteiger charge is -2.30. The Balaban J connectivity index is 1.87. The van der Waals surface area contributed by atoms with Gasteiger partial charge in [-0.25, -0.2) is 0 Å². The van der Waals surface area contributed by atoms with Gasteiger partial charge in [0.2, 0.25) is 11.8 Å². The van der Waals surface area contributed by atoms with Crippen LogP contribution in [-0.4, -0.2) is 30.6 Å². The van der Waals surface area contributed by atoms with Gasteiger partial charge in [0, 0.05) is 5.92 Å². The van der Waals surface area contributed by atoms with Gasteiger partial charge in [0.25, 0.3) is 0 Å². The number of benzene rings is 2. The minimum absolute atomic E-state index is 0.0368. The summed E-state index contributed by atoms with van der Waals surface area (Å²) in [5, 5.41) is 14.5. The summed E-state index contributed by atoms with van der Waals surface area (Å²) in [6.45, 7) is 0. The standard InChI is InChI=1S/C23H18F3N3O4S/c1-33-22(32)19-18(13-7-3-2-4-8-13)14(11-27)21(29-20(19)31)34-12-17(30)28-16-10-6-5-9-15(16)23(24,25)26/h2-10,18-19H,12H2,1H3,(H,28,30)(H,29,31)/t18-,19-/m1/s1. The quantitative estimate of drug-likeness (QED) is 0.472. The molecular weight excluding hydrogens is 471 g/mol. The Hall–Kier alpha value is -3.78. The van der Waals surface area contributed by atoms with E-state index in [0.29, 0.717) is 5.56 Å². The molecule has 2 amide bonds. The maximum Gasteiger partial charge on any atom is 0.418 e. The minimum atomic E-state index is -4.66.